The Morgan fingerprint density at radius 2 is 2.08 bits per heavy atom. The molecule has 4 heteroatoms. The Hall–Kier alpha value is -0.900. The van der Waals surface area contributed by atoms with Crippen molar-refractivity contribution in [1.29, 1.82) is 0 Å². The van der Waals surface area contributed by atoms with E-state index < -0.39 is 22.0 Å². The van der Waals surface area contributed by atoms with Crippen LogP contribution in [0.25, 0.3) is 0 Å². The average molecular weight is 189 g/mol. The molecular weight excluding hydrogens is 182 g/mol. The molecule has 0 unspecified atom stereocenters. The van der Waals surface area contributed by atoms with Crippen molar-refractivity contribution in [3.05, 3.63) is 35.4 Å². The maximum Gasteiger partial charge on any atom is 0.124 e. The summed E-state index contributed by atoms with van der Waals surface area (Å²) in [5.74, 6) is 2.06. The number of hydrogen-bond acceptors (Lipinski definition) is 2. The van der Waals surface area contributed by atoms with E-state index in [1.54, 1.807) is 0 Å². The van der Waals surface area contributed by atoms with Crippen molar-refractivity contribution in [2.24, 2.45) is 0 Å². The van der Waals surface area contributed by atoms with Gasteiger partial charge in [0, 0.05) is 0 Å². The summed E-state index contributed by atoms with van der Waals surface area (Å²) >= 11 is 0. The maximum absolute atomic E-state index is 12.8. The Morgan fingerprint density at radius 1 is 1.42 bits per heavy atom. The second kappa shape index (κ2) is 3.67. The fraction of sp³-hybridized carbons (Fsp3) is 0.125. The van der Waals surface area contributed by atoms with Crippen LogP contribution in [0.3, 0.4) is 0 Å². The van der Waals surface area contributed by atoms with Crippen molar-refractivity contribution in [2.75, 3.05) is 0 Å². The van der Waals surface area contributed by atoms with Crippen LogP contribution in [0.2, 0.25) is 0 Å². The van der Waals surface area contributed by atoms with Crippen LogP contribution in [0.5, 0.6) is 0 Å². The van der Waals surface area contributed by atoms with Crippen molar-refractivity contribution in [3.63, 3.8) is 0 Å². The van der Waals surface area contributed by atoms with Crippen LogP contribution in [-0.4, -0.2) is 5.87 Å². The van der Waals surface area contributed by atoms with E-state index in [0.717, 1.165) is 18.2 Å². The van der Waals surface area contributed by atoms with Crippen LogP contribution in [0.1, 0.15) is 5.56 Å². The molecule has 12 heavy (non-hydrogen) atoms. The molecule has 0 aromatic heterocycles. The largest absolute Gasteiger partial charge is 0.461 e. The monoisotopic (exact) mass is 189 g/mol. The first-order valence-corrected chi connectivity index (χ1v) is 4.70. The predicted octanol–water partition coefficient (Wildman–Crippen LogP) is 1.86. The molecule has 0 spiro atoms. The summed E-state index contributed by atoms with van der Waals surface area (Å²) < 4.78 is 35.9. The molecule has 0 saturated carbocycles. The highest BCUT2D eigenvalue weighted by Gasteiger charge is 1.99. The average Bonchev–Trinajstić information content (AvgIpc) is 1.96. The Labute approximate surface area is 71.1 Å². The van der Waals surface area contributed by atoms with Gasteiger partial charge in [-0.2, -0.15) is 5.87 Å². The van der Waals surface area contributed by atoms with Gasteiger partial charge in [0.25, 0.3) is 0 Å². The molecule has 0 heterocycles. The molecular formula is C8H7F2OS-. The Kier molecular flexibility index (Phi) is 2.81. The molecule has 0 aliphatic heterocycles. The first-order chi connectivity index (χ1) is 5.59. The molecule has 0 atom stereocenters. The minimum Gasteiger partial charge on any atom is -0.461 e. The Balaban J connectivity index is 3.05. The van der Waals surface area contributed by atoms with Gasteiger partial charge in [-0.05, 0) is 23.8 Å². The molecule has 1 nitrogen and oxygen atoms in total. The third kappa shape index (κ3) is 2.30. The molecule has 1 aromatic rings. The Morgan fingerprint density at radius 3 is 2.67 bits per heavy atom. The first-order valence-electron chi connectivity index (χ1n) is 3.21. The summed E-state index contributed by atoms with van der Waals surface area (Å²) in [6, 6.07) is 3.06. The van der Waals surface area contributed by atoms with E-state index in [1.807, 2.05) is 0 Å². The molecule has 0 radical (unpaired) electrons. The molecule has 1 aromatic carbocycles. The van der Waals surface area contributed by atoms with Gasteiger partial charge >= 0.3 is 0 Å². The lowest BCUT2D eigenvalue weighted by atomic mass is 10.2. The molecule has 0 saturated heterocycles. The third-order valence-corrected chi connectivity index (χ3v) is 1.96. The summed E-state index contributed by atoms with van der Waals surface area (Å²) in [5, 5.41) is 0. The first kappa shape index (κ1) is 9.19. The summed E-state index contributed by atoms with van der Waals surface area (Å²) in [6.07, 6.45) is 0. The second-order valence-electron chi connectivity index (χ2n) is 2.32. The van der Waals surface area contributed by atoms with Crippen molar-refractivity contribution in [1.82, 2.24) is 0 Å². The minimum absolute atomic E-state index is 0.0520. The maximum atomic E-state index is 12.8. The van der Waals surface area contributed by atoms with Crippen molar-refractivity contribution >= 4 is 16.3 Å². The van der Waals surface area contributed by atoms with Crippen LogP contribution in [0, 0.1) is 11.6 Å². The molecule has 0 amide bonds. The summed E-state index contributed by atoms with van der Waals surface area (Å²) in [5.41, 5.74) is 0.100. The highest BCUT2D eigenvalue weighted by atomic mass is 32.2. The van der Waals surface area contributed by atoms with Gasteiger partial charge < -0.3 is 4.21 Å². The summed E-state index contributed by atoms with van der Waals surface area (Å²) in [6.45, 7) is 0. The zero-order chi connectivity index (χ0) is 9.14. The fourth-order valence-corrected chi connectivity index (χ4v) is 1.40. The van der Waals surface area contributed by atoms with E-state index in [9.17, 15) is 13.0 Å². The SMILES string of the molecule is C=[S-](=O)Cc1cc(F)ccc1F. The molecule has 0 fully saturated rings. The predicted molar refractivity (Wildman–Crippen MR) is 45.2 cm³/mol. The van der Waals surface area contributed by atoms with Crippen LogP contribution >= 0.6 is 0 Å². The number of halogens is 2. The third-order valence-electron chi connectivity index (χ3n) is 1.32. The van der Waals surface area contributed by atoms with E-state index in [0.29, 0.717) is 0 Å². The smallest absolute Gasteiger partial charge is 0.124 e. The highest BCUT2D eigenvalue weighted by Crippen LogP contribution is 2.10. The van der Waals surface area contributed by atoms with Gasteiger partial charge in [0.15, 0.2) is 0 Å². The van der Waals surface area contributed by atoms with Gasteiger partial charge in [0.2, 0.25) is 0 Å². The molecule has 0 N–H and O–H groups in total. The van der Waals surface area contributed by atoms with E-state index >= 15 is 0 Å². The van der Waals surface area contributed by atoms with Crippen molar-refractivity contribution in [3.8, 4) is 0 Å². The standard InChI is InChI=1S/C8H7F2OS/c1-12(11)5-6-4-7(9)2-3-8(6)10/h2-4H,1,5H2/q-1. The van der Waals surface area contributed by atoms with Crippen LogP contribution < -0.4 is 0 Å². The minimum atomic E-state index is -1.39. The highest BCUT2D eigenvalue weighted by molar-refractivity contribution is 7.81. The normalized spacial score (nSPS) is 10.6. The van der Waals surface area contributed by atoms with E-state index in [4.69, 9.17) is 0 Å². The summed E-state index contributed by atoms with van der Waals surface area (Å²) in [7, 11) is -1.39. The molecule has 0 aliphatic carbocycles. The van der Waals surface area contributed by atoms with Crippen molar-refractivity contribution < 1.29 is 13.0 Å². The molecule has 0 aliphatic rings. The topological polar surface area (TPSA) is 17.1 Å². The molecule has 66 valence electrons. The molecule has 1 rings (SSSR count). The lowest BCUT2D eigenvalue weighted by Gasteiger charge is -2.03. The fourth-order valence-electron chi connectivity index (χ4n) is 0.827. The molecule has 0 bridgehead atoms. The number of benzene rings is 1. The van der Waals surface area contributed by atoms with Crippen LogP contribution in [0.15, 0.2) is 18.2 Å². The zero-order valence-electron chi connectivity index (χ0n) is 6.22. The second-order valence-corrected chi connectivity index (χ2v) is 3.49. The van der Waals surface area contributed by atoms with Gasteiger partial charge in [-0.15, -0.1) is 0 Å². The quantitative estimate of drug-likeness (QED) is 0.512. The summed E-state index contributed by atoms with van der Waals surface area (Å²) in [4.78, 5) is 0. The van der Waals surface area contributed by atoms with E-state index in [2.05, 4.69) is 5.87 Å². The lowest BCUT2D eigenvalue weighted by Crippen LogP contribution is -1.92. The van der Waals surface area contributed by atoms with Gasteiger partial charge in [-0.3, -0.25) is 10.4 Å². The van der Waals surface area contributed by atoms with E-state index in [1.165, 1.54) is 0 Å². The van der Waals surface area contributed by atoms with Gasteiger partial charge in [-0.1, -0.05) is 5.75 Å². The lowest BCUT2D eigenvalue weighted by molar-refractivity contribution is 0.586. The Bertz CT molecular complexity index is 350. The van der Waals surface area contributed by atoms with Gasteiger partial charge in [0.05, 0.1) is 0 Å². The van der Waals surface area contributed by atoms with Gasteiger partial charge in [-0.25, -0.2) is 8.78 Å². The number of hydrogen-bond donors (Lipinski definition) is 0. The van der Waals surface area contributed by atoms with Crippen LogP contribution in [0.4, 0.5) is 8.78 Å². The van der Waals surface area contributed by atoms with E-state index in [-0.39, 0.29) is 11.3 Å². The van der Waals surface area contributed by atoms with Crippen molar-refractivity contribution in [2.45, 2.75) is 5.75 Å². The van der Waals surface area contributed by atoms with Gasteiger partial charge in [0.1, 0.15) is 11.6 Å². The zero-order valence-corrected chi connectivity index (χ0v) is 7.04. The van der Waals surface area contributed by atoms with Crippen LogP contribution in [-0.2, 0) is 20.4 Å². The number of rotatable bonds is 2.